The molecule has 4 aliphatic carbocycles. The lowest BCUT2D eigenvalue weighted by Crippen LogP contribution is -2.52. The van der Waals surface area contributed by atoms with Crippen LogP contribution in [0.4, 0.5) is 0 Å². The van der Waals surface area contributed by atoms with Crippen LogP contribution in [0.3, 0.4) is 0 Å². The molecule has 1 atom stereocenters. The summed E-state index contributed by atoms with van der Waals surface area (Å²) in [5, 5.41) is 0. The second-order valence-corrected chi connectivity index (χ2v) is 7.76. The van der Waals surface area contributed by atoms with Crippen molar-refractivity contribution in [2.75, 3.05) is 0 Å². The van der Waals surface area contributed by atoms with Crippen LogP contribution in [0.25, 0.3) is 0 Å². The zero-order chi connectivity index (χ0) is 12.9. The molecular weight excluding hydrogens is 220 g/mol. The largest absolute Gasteiger partial charge is 0.299 e. The summed E-state index contributed by atoms with van der Waals surface area (Å²) in [5.41, 5.74) is 0.355. The minimum Gasteiger partial charge on any atom is -0.299 e. The van der Waals surface area contributed by atoms with Crippen LogP contribution >= 0.6 is 0 Å². The minimum atomic E-state index is 0.277. The van der Waals surface area contributed by atoms with Gasteiger partial charge in [-0.25, -0.2) is 0 Å². The molecule has 4 saturated carbocycles. The van der Waals surface area contributed by atoms with E-state index < -0.39 is 0 Å². The molecule has 0 aromatic rings. The summed E-state index contributed by atoms with van der Waals surface area (Å²) < 4.78 is 0. The van der Waals surface area contributed by atoms with Crippen LogP contribution < -0.4 is 0 Å². The van der Waals surface area contributed by atoms with Gasteiger partial charge in [0.15, 0.2) is 0 Å². The molecule has 0 amide bonds. The molecule has 4 fully saturated rings. The first kappa shape index (κ1) is 12.7. The van der Waals surface area contributed by atoms with Gasteiger partial charge in [-0.1, -0.05) is 20.8 Å². The summed E-state index contributed by atoms with van der Waals surface area (Å²) in [6.45, 7) is 6.70. The summed E-state index contributed by atoms with van der Waals surface area (Å²) in [5.74, 6) is 4.56. The third-order valence-electron chi connectivity index (χ3n) is 6.72. The standard InChI is InChI=1S/C17H28O/c1-4-11(2)16(18)10-17(3)14-6-12-5-13(8-14)9-15(17)7-12/h11-15H,4-10H2,1-3H3. The van der Waals surface area contributed by atoms with Crippen LogP contribution in [0.1, 0.15) is 65.7 Å². The molecule has 1 heteroatoms. The summed E-state index contributed by atoms with van der Waals surface area (Å²) in [7, 11) is 0. The number of hydrogen-bond donors (Lipinski definition) is 0. The van der Waals surface area contributed by atoms with Crippen LogP contribution in [0.2, 0.25) is 0 Å². The fourth-order valence-electron chi connectivity index (χ4n) is 5.33. The number of rotatable bonds is 4. The topological polar surface area (TPSA) is 17.1 Å². The summed E-state index contributed by atoms with van der Waals surface area (Å²) in [4.78, 5) is 12.4. The van der Waals surface area contributed by atoms with E-state index >= 15 is 0 Å². The molecule has 0 spiro atoms. The molecule has 4 bridgehead atoms. The van der Waals surface area contributed by atoms with Crippen molar-refractivity contribution in [3.8, 4) is 0 Å². The molecule has 0 N–H and O–H groups in total. The maximum absolute atomic E-state index is 12.4. The summed E-state index contributed by atoms with van der Waals surface area (Å²) >= 11 is 0. The molecule has 4 aliphatic rings. The fraction of sp³-hybridized carbons (Fsp3) is 0.941. The van der Waals surface area contributed by atoms with Gasteiger partial charge in [-0.2, -0.15) is 0 Å². The molecule has 0 saturated heterocycles. The molecule has 0 aromatic heterocycles. The summed E-state index contributed by atoms with van der Waals surface area (Å²) in [6.07, 6.45) is 9.10. The van der Waals surface area contributed by atoms with Gasteiger partial charge in [-0.3, -0.25) is 4.79 Å². The SMILES string of the molecule is CCC(C)C(=O)CC1(C)C2CC3CC(C2)CC1C3. The highest BCUT2D eigenvalue weighted by Crippen LogP contribution is 2.63. The Kier molecular flexibility index (Phi) is 3.07. The number of Topliss-reactive ketones (excluding diaryl/α,β-unsaturated/α-hetero) is 1. The van der Waals surface area contributed by atoms with E-state index in [1.807, 2.05) is 0 Å². The number of ketones is 1. The predicted molar refractivity (Wildman–Crippen MR) is 74.2 cm³/mol. The Bertz CT molecular complexity index is 316. The third-order valence-corrected chi connectivity index (χ3v) is 6.72. The number of carbonyl (C=O) groups is 1. The highest BCUT2D eigenvalue weighted by Gasteiger charge is 2.55. The van der Waals surface area contributed by atoms with Crippen LogP contribution in [-0.4, -0.2) is 5.78 Å². The fourth-order valence-corrected chi connectivity index (χ4v) is 5.33. The van der Waals surface area contributed by atoms with Gasteiger partial charge in [0.05, 0.1) is 0 Å². The lowest BCUT2D eigenvalue weighted by Gasteiger charge is -2.60. The molecule has 4 rings (SSSR count). The van der Waals surface area contributed by atoms with Crippen molar-refractivity contribution in [1.82, 2.24) is 0 Å². The van der Waals surface area contributed by atoms with Crippen LogP contribution in [0.5, 0.6) is 0 Å². The van der Waals surface area contributed by atoms with Crippen molar-refractivity contribution in [3.05, 3.63) is 0 Å². The predicted octanol–water partition coefficient (Wildman–Crippen LogP) is 4.45. The average Bonchev–Trinajstić information content (AvgIpc) is 2.34. The highest BCUT2D eigenvalue weighted by atomic mass is 16.1. The van der Waals surface area contributed by atoms with Crippen molar-refractivity contribution in [2.24, 2.45) is 35.0 Å². The van der Waals surface area contributed by atoms with E-state index in [0.717, 1.165) is 36.5 Å². The molecule has 18 heavy (non-hydrogen) atoms. The summed E-state index contributed by atoms with van der Waals surface area (Å²) in [6, 6.07) is 0. The molecule has 0 aromatic carbocycles. The third kappa shape index (κ3) is 1.85. The van der Waals surface area contributed by atoms with E-state index in [1.54, 1.807) is 0 Å². The Labute approximate surface area is 112 Å². The van der Waals surface area contributed by atoms with Gasteiger partial charge < -0.3 is 0 Å². The lowest BCUT2D eigenvalue weighted by atomic mass is 9.45. The second-order valence-electron chi connectivity index (χ2n) is 7.76. The van der Waals surface area contributed by atoms with Gasteiger partial charge in [0, 0.05) is 12.3 Å². The van der Waals surface area contributed by atoms with Gasteiger partial charge in [0.2, 0.25) is 0 Å². The van der Waals surface area contributed by atoms with Crippen molar-refractivity contribution in [1.29, 1.82) is 0 Å². The Hall–Kier alpha value is -0.330. The minimum absolute atomic E-state index is 0.277. The van der Waals surface area contributed by atoms with Crippen molar-refractivity contribution < 1.29 is 4.79 Å². The first-order valence-electron chi connectivity index (χ1n) is 8.05. The normalized spacial score (nSPS) is 47.3. The van der Waals surface area contributed by atoms with E-state index in [4.69, 9.17) is 0 Å². The maximum atomic E-state index is 12.4. The Morgan fingerprint density at radius 1 is 1.11 bits per heavy atom. The zero-order valence-corrected chi connectivity index (χ0v) is 12.2. The Morgan fingerprint density at radius 2 is 1.61 bits per heavy atom. The van der Waals surface area contributed by atoms with Crippen molar-refractivity contribution in [3.63, 3.8) is 0 Å². The molecule has 1 nitrogen and oxygen atoms in total. The molecule has 0 heterocycles. The molecule has 102 valence electrons. The number of carbonyl (C=O) groups excluding carboxylic acids is 1. The first-order valence-corrected chi connectivity index (χ1v) is 8.05. The van der Waals surface area contributed by atoms with E-state index in [0.29, 0.717) is 11.2 Å². The Morgan fingerprint density at radius 3 is 2.06 bits per heavy atom. The molecule has 1 unspecified atom stereocenters. The highest BCUT2D eigenvalue weighted by molar-refractivity contribution is 5.81. The van der Waals surface area contributed by atoms with Gasteiger partial charge in [0.25, 0.3) is 0 Å². The van der Waals surface area contributed by atoms with E-state index in [2.05, 4.69) is 20.8 Å². The second kappa shape index (κ2) is 4.35. The van der Waals surface area contributed by atoms with Crippen LogP contribution in [-0.2, 0) is 4.79 Å². The first-order chi connectivity index (χ1) is 8.53. The van der Waals surface area contributed by atoms with Gasteiger partial charge in [-0.15, -0.1) is 0 Å². The maximum Gasteiger partial charge on any atom is 0.136 e. The van der Waals surface area contributed by atoms with Gasteiger partial charge in [-0.05, 0) is 67.6 Å². The Balaban J connectivity index is 1.76. The van der Waals surface area contributed by atoms with E-state index in [1.165, 1.54) is 32.1 Å². The molecule has 0 radical (unpaired) electrons. The monoisotopic (exact) mass is 248 g/mol. The van der Waals surface area contributed by atoms with E-state index in [9.17, 15) is 4.79 Å². The van der Waals surface area contributed by atoms with Gasteiger partial charge >= 0.3 is 0 Å². The lowest BCUT2D eigenvalue weighted by molar-refractivity contribution is -0.138. The molecule has 0 aliphatic heterocycles. The van der Waals surface area contributed by atoms with Gasteiger partial charge in [0.1, 0.15) is 5.78 Å². The van der Waals surface area contributed by atoms with Crippen molar-refractivity contribution >= 4 is 5.78 Å². The zero-order valence-electron chi connectivity index (χ0n) is 12.2. The quantitative estimate of drug-likeness (QED) is 0.718. The molecular formula is C17H28O. The van der Waals surface area contributed by atoms with Crippen LogP contribution in [0.15, 0.2) is 0 Å². The van der Waals surface area contributed by atoms with Crippen LogP contribution in [0, 0.1) is 35.0 Å². The average molecular weight is 248 g/mol. The van der Waals surface area contributed by atoms with E-state index in [-0.39, 0.29) is 5.92 Å². The van der Waals surface area contributed by atoms with Crippen molar-refractivity contribution in [2.45, 2.75) is 65.7 Å². The smallest absolute Gasteiger partial charge is 0.136 e. The number of hydrogen-bond acceptors (Lipinski definition) is 1.